The molecule has 0 radical (unpaired) electrons. The summed E-state index contributed by atoms with van der Waals surface area (Å²) < 4.78 is 2.06. The molecule has 1 aromatic rings. The van der Waals surface area contributed by atoms with E-state index in [2.05, 4.69) is 54.2 Å². The van der Waals surface area contributed by atoms with Gasteiger partial charge >= 0.3 is 12.0 Å². The third-order valence-electron chi connectivity index (χ3n) is 6.13. The summed E-state index contributed by atoms with van der Waals surface area (Å²) in [6.07, 6.45) is 3.45. The topological polar surface area (TPSA) is 59.2 Å². The highest BCUT2D eigenvalue weighted by Crippen LogP contribution is 2.28. The van der Waals surface area contributed by atoms with Gasteiger partial charge in [0.2, 0.25) is 11.9 Å². The number of fused-ring (bicyclic) bond motifs is 2. The maximum Gasteiger partial charge on any atom is 0.397 e. The second-order valence-corrected chi connectivity index (χ2v) is 9.03. The zero-order valence-electron chi connectivity index (χ0n) is 19.0. The highest BCUT2D eigenvalue weighted by Gasteiger charge is 2.55. The largest absolute Gasteiger partial charge is 0.397 e. The number of carbonyl (C=O) groups excluding carboxylic acids is 2. The number of benzene rings is 1. The number of nitrogens with zero attached hydrogens (tertiary/aromatic N) is 5. The molecule has 1 saturated heterocycles. The number of guanidine groups is 1. The third-order valence-corrected chi connectivity index (χ3v) is 6.13. The van der Waals surface area contributed by atoms with Crippen LogP contribution >= 0.6 is 0 Å². The minimum atomic E-state index is -0.564. The van der Waals surface area contributed by atoms with E-state index in [4.69, 9.17) is 4.99 Å². The van der Waals surface area contributed by atoms with Gasteiger partial charge in [-0.15, -0.1) is 0 Å². The van der Waals surface area contributed by atoms with E-state index < -0.39 is 6.04 Å². The molecule has 164 valence electrons. The minimum absolute atomic E-state index is 0.219. The number of unbranched alkanes of at least 4 members (excludes halogenated alkanes) is 1. The first-order valence-corrected chi connectivity index (χ1v) is 11.1. The molecule has 2 atom stereocenters. The number of aliphatic imine (C=N–C) groups is 1. The van der Waals surface area contributed by atoms with Crippen molar-refractivity contribution in [3.8, 4) is 0 Å². The van der Waals surface area contributed by atoms with Gasteiger partial charge < -0.3 is 0 Å². The molecule has 0 saturated carbocycles. The first kappa shape index (κ1) is 21.3. The van der Waals surface area contributed by atoms with E-state index in [0.717, 1.165) is 36.7 Å². The number of urea groups is 1. The number of likely N-dealkylation sites (N-methyl/N-ethyl adjacent to an activating group) is 1. The lowest BCUT2D eigenvalue weighted by atomic mass is 10.0. The van der Waals surface area contributed by atoms with Gasteiger partial charge in [0.05, 0.1) is 19.6 Å². The van der Waals surface area contributed by atoms with Gasteiger partial charge in [0.25, 0.3) is 5.91 Å². The molecule has 3 heterocycles. The quantitative estimate of drug-likeness (QED) is 0.523. The molecule has 1 aromatic carbocycles. The lowest BCUT2D eigenvalue weighted by molar-refractivity contribution is -0.545. The SMILES string of the molecule is C=C(C)CN1C(=O)C2C(=NC3=[N+]2CC(C)CN3c2ccc(CCCC)cc2)N(C)C1=O. The molecule has 0 spiro atoms. The lowest BCUT2D eigenvalue weighted by Crippen LogP contribution is -2.63. The number of anilines is 1. The summed E-state index contributed by atoms with van der Waals surface area (Å²) in [7, 11) is 1.70. The van der Waals surface area contributed by atoms with Gasteiger partial charge in [-0.25, -0.2) is 14.3 Å². The second kappa shape index (κ2) is 8.29. The van der Waals surface area contributed by atoms with Crippen LogP contribution in [0.25, 0.3) is 0 Å². The molecular formula is C24H32N5O2+. The number of amides is 3. The van der Waals surface area contributed by atoms with E-state index in [1.165, 1.54) is 28.2 Å². The Kier molecular flexibility index (Phi) is 5.69. The summed E-state index contributed by atoms with van der Waals surface area (Å²) in [5, 5.41) is 0. The molecule has 31 heavy (non-hydrogen) atoms. The Bertz CT molecular complexity index is 978. The molecule has 1 fully saturated rings. The Morgan fingerprint density at radius 2 is 1.97 bits per heavy atom. The van der Waals surface area contributed by atoms with Gasteiger partial charge in [-0.2, -0.15) is 0 Å². The lowest BCUT2D eigenvalue weighted by Gasteiger charge is -2.35. The van der Waals surface area contributed by atoms with E-state index in [1.54, 1.807) is 7.05 Å². The predicted molar refractivity (Wildman–Crippen MR) is 123 cm³/mol. The van der Waals surface area contributed by atoms with Crippen LogP contribution in [0, 0.1) is 5.92 Å². The van der Waals surface area contributed by atoms with Gasteiger partial charge in [0.1, 0.15) is 5.69 Å². The third kappa shape index (κ3) is 3.77. The Balaban J connectivity index is 1.69. The van der Waals surface area contributed by atoms with Crippen LogP contribution in [0.1, 0.15) is 39.2 Å². The minimum Gasteiger partial charge on any atom is -0.270 e. The van der Waals surface area contributed by atoms with Crippen molar-refractivity contribution < 1.29 is 14.2 Å². The average Bonchev–Trinajstić information content (AvgIpc) is 3.13. The number of aryl methyl sites for hydroxylation is 1. The van der Waals surface area contributed by atoms with Crippen LogP contribution in [-0.4, -0.2) is 70.8 Å². The Hall–Kier alpha value is -2.96. The van der Waals surface area contributed by atoms with E-state index in [-0.39, 0.29) is 18.5 Å². The summed E-state index contributed by atoms with van der Waals surface area (Å²) in [6.45, 7) is 11.9. The Morgan fingerprint density at radius 1 is 1.26 bits per heavy atom. The zero-order chi connectivity index (χ0) is 22.3. The number of amidine groups is 1. The summed E-state index contributed by atoms with van der Waals surface area (Å²) >= 11 is 0. The smallest absolute Gasteiger partial charge is 0.270 e. The van der Waals surface area contributed by atoms with Crippen LogP contribution in [0.4, 0.5) is 10.5 Å². The van der Waals surface area contributed by atoms with E-state index >= 15 is 0 Å². The Labute approximate surface area is 184 Å². The highest BCUT2D eigenvalue weighted by molar-refractivity contribution is 6.24. The van der Waals surface area contributed by atoms with Crippen LogP contribution in [0.5, 0.6) is 0 Å². The van der Waals surface area contributed by atoms with Gasteiger partial charge in [0.15, 0.2) is 0 Å². The molecule has 7 nitrogen and oxygen atoms in total. The molecule has 3 amide bonds. The first-order valence-electron chi connectivity index (χ1n) is 11.1. The van der Waals surface area contributed by atoms with Crippen molar-refractivity contribution in [1.82, 2.24) is 9.80 Å². The van der Waals surface area contributed by atoms with Crippen molar-refractivity contribution >= 4 is 29.4 Å². The maximum absolute atomic E-state index is 13.3. The fourth-order valence-electron chi connectivity index (χ4n) is 4.55. The van der Waals surface area contributed by atoms with Crippen molar-refractivity contribution in [1.29, 1.82) is 0 Å². The molecule has 0 aromatic heterocycles. The average molecular weight is 423 g/mol. The van der Waals surface area contributed by atoms with Crippen LogP contribution in [0.2, 0.25) is 0 Å². The van der Waals surface area contributed by atoms with Crippen LogP contribution < -0.4 is 4.90 Å². The number of imide groups is 1. The van der Waals surface area contributed by atoms with Crippen LogP contribution in [-0.2, 0) is 11.2 Å². The number of hydrogen-bond donors (Lipinski definition) is 0. The van der Waals surface area contributed by atoms with Gasteiger partial charge in [-0.1, -0.05) is 49.5 Å². The summed E-state index contributed by atoms with van der Waals surface area (Å²) in [5.41, 5.74) is 3.17. The normalized spacial score (nSPS) is 23.2. The van der Waals surface area contributed by atoms with Crippen LogP contribution in [0.3, 0.4) is 0 Å². The highest BCUT2D eigenvalue weighted by atomic mass is 16.2. The molecule has 4 rings (SSSR count). The standard InChI is InChI=1S/C24H32N5O2/c1-6-7-8-18-9-11-19(12-10-18)27-14-17(4)15-28-20-21(25-23(27)28)26(5)24(31)29(22(20)30)13-16(2)3/h9-12,17,20H,2,6-8,13-15H2,1,3-5H3/q+1. The van der Waals surface area contributed by atoms with Gasteiger partial charge in [0, 0.05) is 13.0 Å². The van der Waals surface area contributed by atoms with Gasteiger partial charge in [-0.3, -0.25) is 14.6 Å². The van der Waals surface area contributed by atoms with E-state index in [0.29, 0.717) is 11.8 Å². The molecule has 0 N–H and O–H groups in total. The summed E-state index contributed by atoms with van der Waals surface area (Å²) in [5.74, 6) is 1.40. The van der Waals surface area contributed by atoms with E-state index in [1.807, 2.05) is 6.92 Å². The molecule has 3 aliphatic rings. The number of hydrogen-bond acceptors (Lipinski definition) is 4. The number of rotatable bonds is 6. The first-order chi connectivity index (χ1) is 14.8. The molecule has 2 unspecified atom stereocenters. The van der Waals surface area contributed by atoms with Crippen molar-refractivity contribution in [3.63, 3.8) is 0 Å². The molecule has 3 aliphatic heterocycles. The fraction of sp³-hybridized carbons (Fsp3) is 0.500. The van der Waals surface area contributed by atoms with Crippen molar-refractivity contribution in [2.75, 3.05) is 31.6 Å². The molecule has 0 aliphatic carbocycles. The number of carbonyl (C=O) groups is 2. The van der Waals surface area contributed by atoms with E-state index in [9.17, 15) is 9.59 Å². The molecule has 0 bridgehead atoms. The second-order valence-electron chi connectivity index (χ2n) is 9.03. The molecule has 7 heteroatoms. The Morgan fingerprint density at radius 3 is 2.61 bits per heavy atom. The van der Waals surface area contributed by atoms with Crippen LogP contribution in [0.15, 0.2) is 41.4 Å². The molecular weight excluding hydrogens is 390 g/mol. The predicted octanol–water partition coefficient (Wildman–Crippen LogP) is 3.10. The zero-order valence-corrected chi connectivity index (χ0v) is 19.0. The van der Waals surface area contributed by atoms with Gasteiger partial charge in [-0.05, 0) is 37.5 Å². The summed E-state index contributed by atoms with van der Waals surface area (Å²) in [4.78, 5) is 36.0. The van der Waals surface area contributed by atoms with Crippen molar-refractivity contribution in [2.45, 2.75) is 46.1 Å². The maximum atomic E-state index is 13.3. The summed E-state index contributed by atoms with van der Waals surface area (Å²) in [6, 6.07) is 7.73. The van der Waals surface area contributed by atoms with Crippen molar-refractivity contribution in [3.05, 3.63) is 42.0 Å². The fourth-order valence-corrected chi connectivity index (χ4v) is 4.55. The monoisotopic (exact) mass is 422 g/mol. The van der Waals surface area contributed by atoms with Crippen molar-refractivity contribution in [2.24, 2.45) is 10.9 Å².